The third kappa shape index (κ3) is 13.0. The van der Waals surface area contributed by atoms with E-state index in [1.54, 1.807) is 0 Å². The molecule has 15 aromatic carbocycles. The molecule has 0 radical (unpaired) electrons. The summed E-state index contributed by atoms with van der Waals surface area (Å²) in [6.45, 7) is 17.5. The van der Waals surface area contributed by atoms with Crippen molar-refractivity contribution in [3.05, 3.63) is 372 Å². The van der Waals surface area contributed by atoms with Gasteiger partial charge in [-0.2, -0.15) is 0 Å². The van der Waals surface area contributed by atoms with Crippen molar-refractivity contribution in [2.24, 2.45) is 0 Å². The second-order valence-electron chi connectivity index (χ2n) is 30.2. The van der Waals surface area contributed by atoms with Gasteiger partial charge in [0.15, 0.2) is 34.9 Å². The zero-order valence-electron chi connectivity index (χ0n) is 63.8. The molecule has 0 bridgehead atoms. The molecule has 8 heteroatoms. The van der Waals surface area contributed by atoms with Crippen LogP contribution in [-0.2, 0) is 0 Å². The predicted molar refractivity (Wildman–Crippen MR) is 465 cm³/mol. The molecule has 4 heterocycles. The van der Waals surface area contributed by atoms with Gasteiger partial charge < -0.3 is 9.13 Å². The van der Waals surface area contributed by atoms with Crippen molar-refractivity contribution < 1.29 is 0 Å². The summed E-state index contributed by atoms with van der Waals surface area (Å²) in [5, 5.41) is 4.60. The van der Waals surface area contributed by atoms with Gasteiger partial charge in [0.1, 0.15) is 0 Å². The maximum atomic E-state index is 5.38. The van der Waals surface area contributed by atoms with Gasteiger partial charge in [-0.05, 0) is 202 Å². The molecular weight excluding hydrogens is 1360 g/mol. The van der Waals surface area contributed by atoms with Gasteiger partial charge >= 0.3 is 0 Å². The molecule has 0 aliphatic carbocycles. The second-order valence-corrected chi connectivity index (χ2v) is 30.2. The van der Waals surface area contributed by atoms with Gasteiger partial charge in [-0.15, -0.1) is 0 Å². The Labute approximate surface area is 652 Å². The lowest BCUT2D eigenvalue weighted by Gasteiger charge is -2.19. The molecule has 0 saturated carbocycles. The number of benzene rings is 15. The van der Waals surface area contributed by atoms with Crippen LogP contribution in [0.1, 0.15) is 44.5 Å². The first-order valence-electron chi connectivity index (χ1n) is 38.3. The topological polar surface area (TPSA) is 87.2 Å². The lowest BCUT2D eigenvalue weighted by molar-refractivity contribution is 1.07. The third-order valence-corrected chi connectivity index (χ3v) is 21.6. The Kier molecular flexibility index (Phi) is 17.2. The Balaban J connectivity index is 0.884. The minimum absolute atomic E-state index is 0.555. The Bertz CT molecular complexity index is 6120. The fourth-order valence-corrected chi connectivity index (χ4v) is 16.8. The zero-order valence-corrected chi connectivity index (χ0v) is 63.8. The van der Waals surface area contributed by atoms with Crippen LogP contribution in [0.2, 0.25) is 0 Å². The smallest absolute Gasteiger partial charge is 0.164 e. The molecule has 0 atom stereocenters. The average molecular weight is 1440 g/mol. The molecule has 19 rings (SSSR count). The minimum Gasteiger partial charge on any atom is -0.309 e. The third-order valence-electron chi connectivity index (χ3n) is 21.6. The van der Waals surface area contributed by atoms with Crippen LogP contribution in [0, 0.1) is 55.4 Å². The number of nitrogens with zero attached hydrogens (tertiary/aromatic N) is 8. The number of aryl methyl sites for hydroxylation is 8. The van der Waals surface area contributed by atoms with Crippen LogP contribution in [0.25, 0.3) is 190 Å². The van der Waals surface area contributed by atoms with Crippen molar-refractivity contribution in [2.75, 3.05) is 0 Å². The monoisotopic (exact) mass is 1440 g/mol. The van der Waals surface area contributed by atoms with Crippen LogP contribution in [-0.4, -0.2) is 39.0 Å². The minimum atomic E-state index is 0.555. The highest BCUT2D eigenvalue weighted by Gasteiger charge is 2.25. The summed E-state index contributed by atoms with van der Waals surface area (Å²) < 4.78 is 4.95. The summed E-state index contributed by atoms with van der Waals surface area (Å²) in [7, 11) is 0. The lowest BCUT2D eigenvalue weighted by atomic mass is 9.94. The molecule has 4 aromatic heterocycles. The van der Waals surface area contributed by atoms with Crippen molar-refractivity contribution >= 4 is 43.6 Å². The fraction of sp³-hybridized carbons (Fsp3) is 0.0769. The van der Waals surface area contributed by atoms with E-state index in [4.69, 9.17) is 29.9 Å². The normalized spacial score (nSPS) is 11.6. The highest BCUT2D eigenvalue weighted by Crippen LogP contribution is 2.46. The summed E-state index contributed by atoms with van der Waals surface area (Å²) in [6, 6.07) is 119. The first-order valence-corrected chi connectivity index (χ1v) is 38.3. The highest BCUT2D eigenvalue weighted by molar-refractivity contribution is 6.14. The Hall–Kier alpha value is -14.1. The summed E-state index contributed by atoms with van der Waals surface area (Å²) in [5.74, 6) is 3.46. The van der Waals surface area contributed by atoms with E-state index in [9.17, 15) is 0 Å². The van der Waals surface area contributed by atoms with Gasteiger partial charge in [0.25, 0.3) is 0 Å². The Morgan fingerprint density at radius 1 is 0.161 bits per heavy atom. The molecular formula is C104H78N8. The fourth-order valence-electron chi connectivity index (χ4n) is 16.8. The van der Waals surface area contributed by atoms with Gasteiger partial charge in [-0.1, -0.05) is 281 Å². The summed E-state index contributed by atoms with van der Waals surface area (Å²) >= 11 is 0. The van der Waals surface area contributed by atoms with Gasteiger partial charge in [-0.3, -0.25) is 0 Å². The van der Waals surface area contributed by atoms with Crippen LogP contribution in [0.4, 0.5) is 0 Å². The summed E-state index contributed by atoms with van der Waals surface area (Å²) in [4.78, 5) is 31.9. The number of hydrogen-bond acceptors (Lipinski definition) is 6. The van der Waals surface area contributed by atoms with E-state index >= 15 is 0 Å². The van der Waals surface area contributed by atoms with Gasteiger partial charge in [0, 0.05) is 66.1 Å². The maximum Gasteiger partial charge on any atom is 0.164 e. The van der Waals surface area contributed by atoms with E-state index in [2.05, 4.69) is 319 Å². The molecule has 112 heavy (non-hydrogen) atoms. The van der Waals surface area contributed by atoms with Gasteiger partial charge in [-0.25, -0.2) is 29.9 Å². The van der Waals surface area contributed by atoms with Crippen molar-refractivity contribution in [3.63, 3.8) is 0 Å². The maximum absolute atomic E-state index is 5.38. The number of rotatable bonds is 14. The highest BCUT2D eigenvalue weighted by atomic mass is 15.1. The van der Waals surface area contributed by atoms with E-state index in [1.165, 1.54) is 66.8 Å². The van der Waals surface area contributed by atoms with Crippen LogP contribution in [0.15, 0.2) is 328 Å². The van der Waals surface area contributed by atoms with Gasteiger partial charge in [0.2, 0.25) is 0 Å². The first kappa shape index (κ1) is 68.5. The molecule has 0 spiro atoms. The van der Waals surface area contributed by atoms with E-state index in [-0.39, 0.29) is 0 Å². The summed E-state index contributed by atoms with van der Waals surface area (Å²) in [5.41, 5.74) is 34.7. The Morgan fingerprint density at radius 2 is 0.384 bits per heavy atom. The zero-order chi connectivity index (χ0) is 75.8. The quantitative estimate of drug-likeness (QED) is 0.108. The van der Waals surface area contributed by atoms with E-state index in [0.717, 1.165) is 133 Å². The molecule has 0 fully saturated rings. The van der Waals surface area contributed by atoms with Crippen molar-refractivity contribution in [3.8, 4) is 146 Å². The molecule has 0 amide bonds. The van der Waals surface area contributed by atoms with Crippen LogP contribution >= 0.6 is 0 Å². The first-order chi connectivity index (χ1) is 54.7. The van der Waals surface area contributed by atoms with Crippen molar-refractivity contribution in [1.29, 1.82) is 0 Å². The SMILES string of the molecule is Cc1cc(C)cc(-c2ccc3c(c2)c2cc(-c4cc(C)cc(C)c4)ccc2n3-c2ccc(-c3nc(-c4ccccc4)nc(-c4ccccc4)n3)cc2-c2cccc(-c3cc(-c4nc(-c5ccccc5)nc(-c5ccccc5)n4)ccc3-n3c4ccc(-c5cc(C)cc(C)c5)cc4c4cc(-c5cc(C)cc(C)c5)ccc43)c2)c1. The standard InChI is InChI=1S/C104H78N8/c1-63-44-64(2)49-83(48-63)75-32-38-95-89(57-75)90-58-76(84-50-65(3)45-66(4)51-84)33-39-96(90)111(95)93-42-36-81(103-107-99(71-22-13-9-14-23-71)105-100(108-103)72-24-15-10-16-25-72)61-87(93)79-30-21-31-80(56-79)88-62-82(104-109-101(73-26-17-11-18-27-73)106-102(110-104)74-28-19-12-20-29-74)37-43-94(88)112-97-40-34-77(85-52-67(5)46-68(6)53-85)59-91(97)92-60-78(35-41-98(92)112)86-54-69(7)47-70(8)55-86/h9-62H,1-8H3. The largest absolute Gasteiger partial charge is 0.309 e. The number of fused-ring (bicyclic) bond motifs is 6. The molecule has 0 aliphatic rings. The lowest BCUT2D eigenvalue weighted by Crippen LogP contribution is -2.02. The second kappa shape index (κ2) is 28.2. The molecule has 19 aromatic rings. The summed E-state index contributed by atoms with van der Waals surface area (Å²) in [6.07, 6.45) is 0. The molecule has 0 aliphatic heterocycles. The van der Waals surface area contributed by atoms with E-state index in [1.807, 2.05) is 72.8 Å². The van der Waals surface area contributed by atoms with Crippen LogP contribution in [0.3, 0.4) is 0 Å². The molecule has 534 valence electrons. The number of aromatic nitrogens is 8. The average Bonchev–Trinajstić information content (AvgIpc) is 1.58. The van der Waals surface area contributed by atoms with E-state index in [0.29, 0.717) is 34.9 Å². The Morgan fingerprint density at radius 3 is 0.634 bits per heavy atom. The molecule has 0 unspecified atom stereocenters. The predicted octanol–water partition coefficient (Wildman–Crippen LogP) is 26.7. The van der Waals surface area contributed by atoms with Crippen molar-refractivity contribution in [1.82, 2.24) is 39.0 Å². The van der Waals surface area contributed by atoms with Crippen LogP contribution in [0.5, 0.6) is 0 Å². The number of hydrogen-bond donors (Lipinski definition) is 0. The van der Waals surface area contributed by atoms with E-state index < -0.39 is 0 Å². The van der Waals surface area contributed by atoms with Crippen molar-refractivity contribution in [2.45, 2.75) is 55.4 Å². The molecule has 0 saturated heterocycles. The molecule has 8 nitrogen and oxygen atoms in total. The van der Waals surface area contributed by atoms with Gasteiger partial charge in [0.05, 0.1) is 33.4 Å². The molecule has 0 N–H and O–H groups in total. The van der Waals surface area contributed by atoms with Crippen LogP contribution < -0.4 is 0 Å².